The monoisotopic (exact) mass is 391 g/mol. The summed E-state index contributed by atoms with van der Waals surface area (Å²) in [7, 11) is -3.98. The second kappa shape index (κ2) is 8.12. The van der Waals surface area contributed by atoms with Gasteiger partial charge in [0.25, 0.3) is 10.1 Å². The Balaban J connectivity index is 2.48. The Labute approximate surface area is 153 Å². The minimum Gasteiger partial charge on any atom is -0.466 e. The van der Waals surface area contributed by atoms with Gasteiger partial charge < -0.3 is 9.47 Å². The zero-order valence-electron chi connectivity index (χ0n) is 15.2. The first-order chi connectivity index (χ1) is 12.2. The summed E-state index contributed by atoms with van der Waals surface area (Å²) < 4.78 is 39.7. The molecule has 2 aliphatic rings. The van der Waals surface area contributed by atoms with Crippen molar-refractivity contribution in [1.29, 1.82) is 0 Å². The highest BCUT2D eigenvalue weighted by Crippen LogP contribution is 2.46. The van der Waals surface area contributed by atoms with Crippen LogP contribution in [-0.4, -0.2) is 68.8 Å². The minimum absolute atomic E-state index is 0.0709. The van der Waals surface area contributed by atoms with Crippen LogP contribution >= 0.6 is 0 Å². The van der Waals surface area contributed by atoms with E-state index in [0.29, 0.717) is 6.29 Å². The molecule has 2 saturated heterocycles. The molecule has 26 heavy (non-hydrogen) atoms. The second-order valence-corrected chi connectivity index (χ2v) is 8.16. The number of nitrogens with zero attached hydrogens (tertiary/aromatic N) is 1. The molecule has 9 nitrogen and oxygen atoms in total. The number of carbonyl (C=O) groups is 3. The van der Waals surface area contributed by atoms with Gasteiger partial charge in [-0.2, -0.15) is 8.42 Å². The van der Waals surface area contributed by atoms with E-state index in [-0.39, 0.29) is 44.7 Å². The highest BCUT2D eigenvalue weighted by Gasteiger charge is 2.58. The third kappa shape index (κ3) is 4.48. The van der Waals surface area contributed by atoms with E-state index in [1.54, 1.807) is 13.8 Å². The maximum absolute atomic E-state index is 12.3. The Kier molecular flexibility index (Phi) is 6.54. The highest BCUT2D eigenvalue weighted by atomic mass is 32.2. The van der Waals surface area contributed by atoms with Crippen molar-refractivity contribution in [2.24, 2.45) is 5.92 Å². The van der Waals surface area contributed by atoms with Gasteiger partial charge in [-0.3, -0.25) is 14.4 Å². The van der Waals surface area contributed by atoms with Crippen LogP contribution in [0.1, 0.15) is 39.5 Å². The number of esters is 1. The van der Waals surface area contributed by atoms with Gasteiger partial charge in [-0.25, -0.2) is 9.08 Å². The minimum atomic E-state index is -3.98. The first-order valence-corrected chi connectivity index (χ1v) is 10.4. The van der Waals surface area contributed by atoms with E-state index in [0.717, 1.165) is 6.26 Å². The van der Waals surface area contributed by atoms with Crippen LogP contribution in [0.2, 0.25) is 0 Å². The summed E-state index contributed by atoms with van der Waals surface area (Å²) in [5.41, 5.74) is -1.63. The van der Waals surface area contributed by atoms with Gasteiger partial charge in [-0.1, -0.05) is 0 Å². The molecule has 0 aromatic rings. The molecule has 2 rings (SSSR count). The first kappa shape index (κ1) is 20.9. The topological polar surface area (TPSA) is 116 Å². The summed E-state index contributed by atoms with van der Waals surface area (Å²) in [5, 5.41) is 0. The molecular weight excluding hydrogens is 366 g/mol. The van der Waals surface area contributed by atoms with E-state index in [4.69, 9.17) is 13.7 Å². The fourth-order valence-corrected chi connectivity index (χ4v) is 4.74. The van der Waals surface area contributed by atoms with Gasteiger partial charge in [0.15, 0.2) is 18.2 Å². The van der Waals surface area contributed by atoms with Gasteiger partial charge in [0.1, 0.15) is 5.78 Å². The van der Waals surface area contributed by atoms with Crippen molar-refractivity contribution in [2.45, 2.75) is 57.5 Å². The van der Waals surface area contributed by atoms with Gasteiger partial charge in [-0.15, -0.1) is 0 Å². The quantitative estimate of drug-likeness (QED) is 0.325. The van der Waals surface area contributed by atoms with Gasteiger partial charge in [0, 0.05) is 25.5 Å². The third-order valence-corrected chi connectivity index (χ3v) is 5.19. The highest BCUT2D eigenvalue weighted by molar-refractivity contribution is 7.86. The van der Waals surface area contributed by atoms with E-state index in [2.05, 4.69) is 0 Å². The molecule has 10 heteroatoms. The molecule has 4 unspecified atom stereocenters. The average molecular weight is 391 g/mol. The zero-order valence-corrected chi connectivity index (χ0v) is 16.0. The Bertz CT molecular complexity index is 663. The molecule has 0 saturated carbocycles. The van der Waals surface area contributed by atoms with E-state index >= 15 is 0 Å². The molecule has 0 radical (unpaired) electrons. The van der Waals surface area contributed by atoms with Crippen LogP contribution in [0.5, 0.6) is 0 Å². The van der Waals surface area contributed by atoms with E-state index < -0.39 is 40.0 Å². The predicted molar refractivity (Wildman–Crippen MR) is 89.4 cm³/mol. The van der Waals surface area contributed by atoms with Gasteiger partial charge in [0.2, 0.25) is 0 Å². The van der Waals surface area contributed by atoms with Gasteiger partial charge in [-0.05, 0) is 20.3 Å². The molecule has 0 amide bonds. The summed E-state index contributed by atoms with van der Waals surface area (Å²) in [4.78, 5) is 37.6. The lowest BCUT2D eigenvalue weighted by molar-refractivity contribution is -0.231. The normalized spacial score (nSPS) is 30.7. The molecule has 4 atom stereocenters. The molecule has 0 aromatic carbocycles. The van der Waals surface area contributed by atoms with Crippen molar-refractivity contribution in [3.8, 4) is 0 Å². The number of piperidine rings is 2. The molecule has 148 valence electrons. The predicted octanol–water partition coefficient (Wildman–Crippen LogP) is 0.227. The number of rotatable bonds is 8. The molecule has 0 aliphatic carbocycles. The number of fused-ring (bicyclic) bond motifs is 2. The van der Waals surface area contributed by atoms with E-state index in [9.17, 15) is 22.8 Å². The number of aldehydes is 1. The van der Waals surface area contributed by atoms with Crippen molar-refractivity contribution in [1.82, 2.24) is 4.90 Å². The second-order valence-electron chi connectivity index (χ2n) is 6.59. The molecule has 2 aliphatic heterocycles. The van der Waals surface area contributed by atoms with Gasteiger partial charge >= 0.3 is 5.97 Å². The number of ketones is 1. The van der Waals surface area contributed by atoms with Crippen molar-refractivity contribution in [2.75, 3.05) is 19.5 Å². The lowest BCUT2D eigenvalue weighted by Gasteiger charge is -2.55. The van der Waals surface area contributed by atoms with Gasteiger partial charge in [0.05, 0.1) is 25.2 Å². The SMILES string of the molecule is CCOC(=O)C1CC2CC(=O)CC(OS(C)(=O)=O)(C1)N2C(C=O)OCC. The number of carbonyl (C=O) groups excluding carboxylic acids is 3. The van der Waals surface area contributed by atoms with Crippen molar-refractivity contribution >= 4 is 28.2 Å². The molecule has 2 heterocycles. The van der Waals surface area contributed by atoms with Crippen LogP contribution in [-0.2, 0) is 38.2 Å². The van der Waals surface area contributed by atoms with Crippen LogP contribution in [0.15, 0.2) is 0 Å². The number of hydrogen-bond acceptors (Lipinski definition) is 9. The lowest BCUT2D eigenvalue weighted by atomic mass is 9.75. The van der Waals surface area contributed by atoms with Crippen LogP contribution in [0, 0.1) is 5.92 Å². The molecule has 0 N–H and O–H groups in total. The molecule has 2 bridgehead atoms. The summed E-state index contributed by atoms with van der Waals surface area (Å²) in [6.45, 7) is 3.79. The standard InChI is InChI=1S/C16H25NO8S/c1-4-23-14(10-18)17-12-6-11(15(20)24-5-2)8-16(17,9-13(19)7-12)25-26(3,21)22/h10-12,14H,4-9H2,1-3H3. The van der Waals surface area contributed by atoms with Crippen LogP contribution in [0.3, 0.4) is 0 Å². The van der Waals surface area contributed by atoms with Crippen molar-refractivity contribution < 1.29 is 36.5 Å². The van der Waals surface area contributed by atoms with Crippen LogP contribution < -0.4 is 0 Å². The molecular formula is C16H25NO8S. The number of Topliss-reactive ketones (excluding diaryl/α,β-unsaturated/α-hetero) is 1. The maximum Gasteiger partial charge on any atom is 0.309 e. The summed E-state index contributed by atoms with van der Waals surface area (Å²) >= 11 is 0. The number of hydrogen-bond donors (Lipinski definition) is 0. The lowest BCUT2D eigenvalue weighted by Crippen LogP contribution is -2.69. The average Bonchev–Trinajstić information content (AvgIpc) is 2.50. The Morgan fingerprint density at radius 3 is 2.62 bits per heavy atom. The molecule has 0 spiro atoms. The van der Waals surface area contributed by atoms with Crippen molar-refractivity contribution in [3.05, 3.63) is 0 Å². The fraction of sp³-hybridized carbons (Fsp3) is 0.812. The maximum atomic E-state index is 12.3. The first-order valence-electron chi connectivity index (χ1n) is 8.60. The summed E-state index contributed by atoms with van der Waals surface area (Å²) in [5.74, 6) is -1.27. The van der Waals surface area contributed by atoms with Crippen LogP contribution in [0.4, 0.5) is 0 Å². The molecule has 2 fully saturated rings. The zero-order chi connectivity index (χ0) is 19.5. The smallest absolute Gasteiger partial charge is 0.309 e. The van der Waals surface area contributed by atoms with E-state index in [1.165, 1.54) is 4.90 Å². The van der Waals surface area contributed by atoms with Crippen molar-refractivity contribution in [3.63, 3.8) is 0 Å². The largest absolute Gasteiger partial charge is 0.466 e. The third-order valence-electron chi connectivity index (χ3n) is 4.58. The molecule has 0 aromatic heterocycles. The Morgan fingerprint density at radius 2 is 2.08 bits per heavy atom. The fourth-order valence-electron chi connectivity index (χ4n) is 3.96. The summed E-state index contributed by atoms with van der Waals surface area (Å²) in [6.07, 6.45) is 0.389. The van der Waals surface area contributed by atoms with E-state index in [1.807, 2.05) is 0 Å². The van der Waals surface area contributed by atoms with Crippen LogP contribution in [0.25, 0.3) is 0 Å². The Hall–Kier alpha value is -1.36. The summed E-state index contributed by atoms with van der Waals surface area (Å²) in [6, 6.07) is -0.553. The Morgan fingerprint density at radius 1 is 1.38 bits per heavy atom. The number of ether oxygens (including phenoxy) is 2.